The minimum absolute atomic E-state index is 1.04. The van der Waals surface area contributed by atoms with Crippen molar-refractivity contribution in [3.63, 3.8) is 0 Å². The Morgan fingerprint density at radius 2 is 1.80 bits per heavy atom. The van der Waals surface area contributed by atoms with Gasteiger partial charge in [-0.1, -0.05) is 73.5 Å². The molecular formula is C20H22. The van der Waals surface area contributed by atoms with Crippen molar-refractivity contribution in [1.29, 1.82) is 0 Å². The van der Waals surface area contributed by atoms with Crippen molar-refractivity contribution in [3.8, 4) is 0 Å². The molecular weight excluding hydrogens is 240 g/mol. The third-order valence-corrected chi connectivity index (χ3v) is 4.14. The maximum atomic E-state index is 2.45. The Bertz CT molecular complexity index is 605. The lowest BCUT2D eigenvalue weighted by molar-refractivity contribution is 0.779. The Balaban J connectivity index is 1.84. The van der Waals surface area contributed by atoms with Crippen LogP contribution in [0.5, 0.6) is 0 Å². The summed E-state index contributed by atoms with van der Waals surface area (Å²) in [5.74, 6) is 0. The van der Waals surface area contributed by atoms with Gasteiger partial charge in [0.05, 0.1) is 0 Å². The Kier molecular flexibility index (Phi) is 4.01. The maximum absolute atomic E-state index is 2.45. The second-order valence-corrected chi connectivity index (χ2v) is 5.74. The molecule has 2 aromatic carbocycles. The lowest BCUT2D eigenvalue weighted by atomic mass is 9.97. The van der Waals surface area contributed by atoms with Crippen LogP contribution in [0.4, 0.5) is 0 Å². The molecule has 2 aromatic rings. The summed E-state index contributed by atoms with van der Waals surface area (Å²) in [7, 11) is 0. The standard InChI is InChI=1S/C20H22/c1-2-3-8-17-14-19-12-7-11-18(20(19)15-17)13-16-9-5-4-6-10-16/h4-7,9-12,15H,2-3,8,13-14H2,1H3. The lowest BCUT2D eigenvalue weighted by Crippen LogP contribution is -1.93. The van der Waals surface area contributed by atoms with Gasteiger partial charge in [-0.05, 0) is 47.9 Å². The number of rotatable bonds is 5. The zero-order chi connectivity index (χ0) is 13.8. The van der Waals surface area contributed by atoms with Crippen LogP contribution >= 0.6 is 0 Å². The summed E-state index contributed by atoms with van der Waals surface area (Å²) in [6.45, 7) is 2.27. The first-order valence-electron chi connectivity index (χ1n) is 7.71. The number of benzene rings is 2. The van der Waals surface area contributed by atoms with Gasteiger partial charge in [-0.3, -0.25) is 0 Å². The van der Waals surface area contributed by atoms with Crippen molar-refractivity contribution in [3.05, 3.63) is 76.4 Å². The van der Waals surface area contributed by atoms with Crippen molar-refractivity contribution < 1.29 is 0 Å². The molecule has 0 heteroatoms. The molecule has 0 radical (unpaired) electrons. The van der Waals surface area contributed by atoms with E-state index >= 15 is 0 Å². The quantitative estimate of drug-likeness (QED) is 0.676. The summed E-state index contributed by atoms with van der Waals surface area (Å²) in [5, 5.41) is 0. The highest BCUT2D eigenvalue weighted by Gasteiger charge is 2.15. The van der Waals surface area contributed by atoms with E-state index in [0.29, 0.717) is 0 Å². The smallest absolute Gasteiger partial charge is 0.00197 e. The second kappa shape index (κ2) is 6.09. The van der Waals surface area contributed by atoms with Gasteiger partial charge < -0.3 is 0 Å². The van der Waals surface area contributed by atoms with E-state index in [2.05, 4.69) is 61.5 Å². The summed E-state index contributed by atoms with van der Waals surface area (Å²) in [4.78, 5) is 0. The summed E-state index contributed by atoms with van der Waals surface area (Å²) in [6, 6.07) is 17.6. The molecule has 1 aliphatic rings. The van der Waals surface area contributed by atoms with E-state index in [1.54, 1.807) is 5.57 Å². The van der Waals surface area contributed by atoms with Crippen molar-refractivity contribution >= 4 is 6.08 Å². The van der Waals surface area contributed by atoms with E-state index in [9.17, 15) is 0 Å². The molecule has 102 valence electrons. The van der Waals surface area contributed by atoms with E-state index in [-0.39, 0.29) is 0 Å². The first-order chi connectivity index (χ1) is 9.86. The SMILES string of the molecule is CCCCC1=Cc2c(cccc2Cc2ccccc2)C1. The molecule has 0 atom stereocenters. The third-order valence-electron chi connectivity index (χ3n) is 4.14. The van der Waals surface area contributed by atoms with Crippen LogP contribution in [-0.4, -0.2) is 0 Å². The molecule has 3 rings (SSSR count). The van der Waals surface area contributed by atoms with Crippen LogP contribution < -0.4 is 0 Å². The van der Waals surface area contributed by atoms with Gasteiger partial charge in [0.25, 0.3) is 0 Å². The Morgan fingerprint density at radius 3 is 2.60 bits per heavy atom. The number of unbranched alkanes of at least 4 members (excludes halogenated alkanes) is 1. The van der Waals surface area contributed by atoms with Gasteiger partial charge in [0.2, 0.25) is 0 Å². The number of hydrogen-bond donors (Lipinski definition) is 0. The number of allylic oxidation sites excluding steroid dienone is 1. The molecule has 0 spiro atoms. The number of hydrogen-bond acceptors (Lipinski definition) is 0. The molecule has 0 aromatic heterocycles. The molecule has 0 amide bonds. The fraction of sp³-hybridized carbons (Fsp3) is 0.300. The Morgan fingerprint density at radius 1 is 0.950 bits per heavy atom. The maximum Gasteiger partial charge on any atom is -0.00197 e. The molecule has 0 saturated heterocycles. The summed E-state index contributed by atoms with van der Waals surface area (Å²) < 4.78 is 0. The largest absolute Gasteiger partial charge is 0.0654 e. The van der Waals surface area contributed by atoms with Gasteiger partial charge in [-0.2, -0.15) is 0 Å². The van der Waals surface area contributed by atoms with E-state index < -0.39 is 0 Å². The van der Waals surface area contributed by atoms with Gasteiger partial charge in [0.1, 0.15) is 0 Å². The van der Waals surface area contributed by atoms with Crippen LogP contribution in [0.2, 0.25) is 0 Å². The van der Waals surface area contributed by atoms with Crippen molar-refractivity contribution in [1.82, 2.24) is 0 Å². The zero-order valence-corrected chi connectivity index (χ0v) is 12.2. The summed E-state index contributed by atoms with van der Waals surface area (Å²) in [6.07, 6.45) is 8.51. The zero-order valence-electron chi connectivity index (χ0n) is 12.2. The molecule has 0 saturated carbocycles. The van der Waals surface area contributed by atoms with Crippen LogP contribution in [0.3, 0.4) is 0 Å². The van der Waals surface area contributed by atoms with E-state index in [0.717, 1.165) is 12.8 Å². The molecule has 20 heavy (non-hydrogen) atoms. The third kappa shape index (κ3) is 2.85. The predicted octanol–water partition coefficient (Wildman–Crippen LogP) is 5.41. The normalized spacial score (nSPS) is 13.2. The van der Waals surface area contributed by atoms with Gasteiger partial charge in [-0.15, -0.1) is 0 Å². The lowest BCUT2D eigenvalue weighted by Gasteiger charge is -2.07. The van der Waals surface area contributed by atoms with E-state index in [4.69, 9.17) is 0 Å². The van der Waals surface area contributed by atoms with Gasteiger partial charge in [-0.25, -0.2) is 0 Å². The van der Waals surface area contributed by atoms with Crippen LogP contribution in [-0.2, 0) is 12.8 Å². The number of fused-ring (bicyclic) bond motifs is 1. The van der Waals surface area contributed by atoms with E-state index in [1.165, 1.54) is 41.5 Å². The summed E-state index contributed by atoms with van der Waals surface area (Å²) in [5.41, 5.74) is 7.49. The van der Waals surface area contributed by atoms with Crippen LogP contribution in [0.15, 0.2) is 54.1 Å². The minimum Gasteiger partial charge on any atom is -0.0654 e. The van der Waals surface area contributed by atoms with Gasteiger partial charge in [0.15, 0.2) is 0 Å². The topological polar surface area (TPSA) is 0 Å². The molecule has 0 heterocycles. The van der Waals surface area contributed by atoms with Crippen molar-refractivity contribution in [2.24, 2.45) is 0 Å². The van der Waals surface area contributed by atoms with E-state index in [1.807, 2.05) is 0 Å². The molecule has 1 aliphatic carbocycles. The van der Waals surface area contributed by atoms with Crippen molar-refractivity contribution in [2.45, 2.75) is 39.0 Å². The minimum atomic E-state index is 1.04. The van der Waals surface area contributed by atoms with Crippen LogP contribution in [0, 0.1) is 0 Å². The fourth-order valence-corrected chi connectivity index (χ4v) is 3.04. The van der Waals surface area contributed by atoms with Gasteiger partial charge >= 0.3 is 0 Å². The fourth-order valence-electron chi connectivity index (χ4n) is 3.04. The van der Waals surface area contributed by atoms with Gasteiger partial charge in [0, 0.05) is 0 Å². The molecule has 0 N–H and O–H groups in total. The average Bonchev–Trinajstić information content (AvgIpc) is 2.90. The highest BCUT2D eigenvalue weighted by Crippen LogP contribution is 2.31. The predicted molar refractivity (Wildman–Crippen MR) is 86.9 cm³/mol. The highest BCUT2D eigenvalue weighted by atomic mass is 14.2. The second-order valence-electron chi connectivity index (χ2n) is 5.74. The summed E-state index contributed by atoms with van der Waals surface area (Å²) >= 11 is 0. The molecule has 0 fully saturated rings. The molecule has 0 bridgehead atoms. The van der Waals surface area contributed by atoms with Crippen molar-refractivity contribution in [2.75, 3.05) is 0 Å². The molecule has 0 aliphatic heterocycles. The monoisotopic (exact) mass is 262 g/mol. The van der Waals surface area contributed by atoms with Crippen LogP contribution in [0.25, 0.3) is 6.08 Å². The Labute approximate surface area is 122 Å². The van der Waals surface area contributed by atoms with Crippen LogP contribution in [0.1, 0.15) is 48.4 Å². The first kappa shape index (κ1) is 13.2. The highest BCUT2D eigenvalue weighted by molar-refractivity contribution is 5.67. The first-order valence-corrected chi connectivity index (χ1v) is 7.71. The average molecular weight is 262 g/mol. The Hall–Kier alpha value is -1.82. The molecule has 0 unspecified atom stereocenters. The molecule has 0 nitrogen and oxygen atoms in total.